The molecule has 3 aromatic rings. The second-order valence-electron chi connectivity index (χ2n) is 7.67. The molecule has 1 aromatic heterocycles. The Morgan fingerprint density at radius 2 is 1.39 bits per heavy atom. The van der Waals surface area contributed by atoms with E-state index in [4.69, 9.17) is 13.9 Å². The number of amides is 1. The van der Waals surface area contributed by atoms with Crippen molar-refractivity contribution in [1.82, 2.24) is 9.80 Å². The van der Waals surface area contributed by atoms with E-state index in [0.29, 0.717) is 26.2 Å². The van der Waals surface area contributed by atoms with Gasteiger partial charge in [0.05, 0.1) is 26.3 Å². The minimum atomic E-state index is -0.650. The molecule has 2 aromatic carbocycles. The molecule has 0 atom stereocenters. The second kappa shape index (κ2) is 9.74. The molecule has 1 amide bonds. The van der Waals surface area contributed by atoms with E-state index in [-0.39, 0.29) is 17.7 Å². The molecule has 1 aliphatic heterocycles. The molecule has 1 saturated heterocycles. The van der Waals surface area contributed by atoms with E-state index in [9.17, 15) is 14.9 Å². The lowest BCUT2D eigenvalue weighted by Crippen LogP contribution is -2.49. The Hall–Kier alpha value is -3.85. The number of hydrogen-bond donors (Lipinski definition) is 0. The highest BCUT2D eigenvalue weighted by Gasteiger charge is 2.30. The third-order valence-electron chi connectivity index (χ3n) is 5.81. The van der Waals surface area contributed by atoms with Gasteiger partial charge in [-0.2, -0.15) is 0 Å². The predicted octanol–water partition coefficient (Wildman–Crippen LogP) is 3.75. The highest BCUT2D eigenvalue weighted by Crippen LogP contribution is 2.32. The van der Waals surface area contributed by atoms with Crippen LogP contribution in [0, 0.1) is 10.1 Å². The second-order valence-corrected chi connectivity index (χ2v) is 7.67. The van der Waals surface area contributed by atoms with Gasteiger partial charge in [0, 0.05) is 26.2 Å². The Bertz CT molecular complexity index is 1050. The lowest BCUT2D eigenvalue weighted by Gasteiger charge is -2.39. The zero-order chi connectivity index (χ0) is 23.4. The maximum Gasteiger partial charge on any atom is 0.433 e. The minimum absolute atomic E-state index is 0.0104. The number of carbonyl (C=O) groups excluding carboxylic acids is 1. The van der Waals surface area contributed by atoms with Gasteiger partial charge in [-0.3, -0.25) is 19.8 Å². The van der Waals surface area contributed by atoms with Crippen molar-refractivity contribution in [2.24, 2.45) is 0 Å². The summed E-state index contributed by atoms with van der Waals surface area (Å²) in [4.78, 5) is 26.9. The molecule has 0 bridgehead atoms. The summed E-state index contributed by atoms with van der Waals surface area (Å²) in [6.45, 7) is 2.24. The molecule has 0 unspecified atom stereocenters. The van der Waals surface area contributed by atoms with Crippen LogP contribution in [0.5, 0.6) is 11.5 Å². The van der Waals surface area contributed by atoms with Crippen LogP contribution in [0.1, 0.15) is 27.7 Å². The molecule has 0 saturated carbocycles. The van der Waals surface area contributed by atoms with Crippen LogP contribution in [0.3, 0.4) is 0 Å². The summed E-state index contributed by atoms with van der Waals surface area (Å²) >= 11 is 0. The molecule has 0 aliphatic carbocycles. The zero-order valence-electron chi connectivity index (χ0n) is 18.5. The van der Waals surface area contributed by atoms with E-state index in [1.54, 1.807) is 19.1 Å². The van der Waals surface area contributed by atoms with Gasteiger partial charge in [-0.25, -0.2) is 0 Å². The van der Waals surface area contributed by atoms with Crippen molar-refractivity contribution in [3.8, 4) is 11.5 Å². The SMILES string of the molecule is COc1ccc(C(c2ccc(OC)cc2)N2CCN(C(=O)c3ccc([N+](=O)[O-])o3)CC2)cc1. The average Bonchev–Trinajstić information content (AvgIpc) is 3.36. The normalized spacial score (nSPS) is 14.3. The number of carbonyl (C=O) groups is 1. The number of methoxy groups -OCH3 is 2. The third kappa shape index (κ3) is 4.83. The maximum absolute atomic E-state index is 12.8. The maximum atomic E-state index is 12.8. The van der Waals surface area contributed by atoms with Crippen LogP contribution in [-0.2, 0) is 0 Å². The molecule has 1 aliphatic rings. The zero-order valence-corrected chi connectivity index (χ0v) is 18.5. The first kappa shape index (κ1) is 22.3. The molecular formula is C24H25N3O6. The molecule has 9 heteroatoms. The summed E-state index contributed by atoms with van der Waals surface area (Å²) in [5.41, 5.74) is 2.23. The van der Waals surface area contributed by atoms with E-state index in [1.165, 1.54) is 12.1 Å². The number of nitrogens with zero attached hydrogens (tertiary/aromatic N) is 3. The van der Waals surface area contributed by atoms with E-state index in [0.717, 1.165) is 22.6 Å². The average molecular weight is 451 g/mol. The fraction of sp³-hybridized carbons (Fsp3) is 0.292. The van der Waals surface area contributed by atoms with Gasteiger partial charge in [0.15, 0.2) is 5.76 Å². The quantitative estimate of drug-likeness (QED) is 0.398. The van der Waals surface area contributed by atoms with Gasteiger partial charge in [-0.05, 0) is 41.5 Å². The smallest absolute Gasteiger partial charge is 0.433 e. The van der Waals surface area contributed by atoms with Crippen LogP contribution in [0.15, 0.2) is 65.1 Å². The summed E-state index contributed by atoms with van der Waals surface area (Å²) in [5, 5.41) is 10.8. The van der Waals surface area contributed by atoms with Crippen LogP contribution in [0.4, 0.5) is 5.88 Å². The van der Waals surface area contributed by atoms with Gasteiger partial charge < -0.3 is 18.8 Å². The third-order valence-corrected chi connectivity index (χ3v) is 5.81. The van der Waals surface area contributed by atoms with E-state index >= 15 is 0 Å². The lowest BCUT2D eigenvalue weighted by molar-refractivity contribution is -0.402. The van der Waals surface area contributed by atoms with Crippen molar-refractivity contribution in [3.05, 3.63) is 87.7 Å². The summed E-state index contributed by atoms with van der Waals surface area (Å²) < 4.78 is 15.7. The first-order chi connectivity index (χ1) is 16.0. The molecule has 9 nitrogen and oxygen atoms in total. The number of piperazine rings is 1. The number of rotatable bonds is 7. The fourth-order valence-corrected chi connectivity index (χ4v) is 4.07. The van der Waals surface area contributed by atoms with Gasteiger partial charge in [0.1, 0.15) is 16.4 Å². The van der Waals surface area contributed by atoms with E-state index < -0.39 is 10.8 Å². The van der Waals surface area contributed by atoms with E-state index in [1.807, 2.05) is 48.5 Å². The standard InChI is InChI=1S/C24H25N3O6/c1-31-19-7-3-17(4-8-19)23(18-5-9-20(32-2)10-6-18)25-13-15-26(16-14-25)24(28)21-11-12-22(33-21)27(29)30/h3-12,23H,13-16H2,1-2H3. The molecule has 0 radical (unpaired) electrons. The molecule has 33 heavy (non-hydrogen) atoms. The van der Waals surface area contributed by atoms with Crippen molar-refractivity contribution in [1.29, 1.82) is 0 Å². The molecule has 0 spiro atoms. The van der Waals surface area contributed by atoms with Crippen molar-refractivity contribution in [3.63, 3.8) is 0 Å². The highest BCUT2D eigenvalue weighted by molar-refractivity contribution is 5.91. The Balaban J connectivity index is 1.52. The highest BCUT2D eigenvalue weighted by atomic mass is 16.6. The van der Waals surface area contributed by atoms with Crippen molar-refractivity contribution in [2.45, 2.75) is 6.04 Å². The largest absolute Gasteiger partial charge is 0.497 e. The molecule has 172 valence electrons. The predicted molar refractivity (Wildman–Crippen MR) is 121 cm³/mol. The van der Waals surface area contributed by atoms with Gasteiger partial charge >= 0.3 is 5.88 Å². The van der Waals surface area contributed by atoms with Crippen LogP contribution < -0.4 is 9.47 Å². The van der Waals surface area contributed by atoms with Gasteiger partial charge in [-0.15, -0.1) is 0 Å². The summed E-state index contributed by atoms with van der Waals surface area (Å²) in [6.07, 6.45) is 0. The van der Waals surface area contributed by atoms with Gasteiger partial charge in [0.2, 0.25) is 0 Å². The Morgan fingerprint density at radius 3 is 1.82 bits per heavy atom. The molecule has 4 rings (SSSR count). The lowest BCUT2D eigenvalue weighted by atomic mass is 9.96. The van der Waals surface area contributed by atoms with Crippen LogP contribution in [0.25, 0.3) is 0 Å². The summed E-state index contributed by atoms with van der Waals surface area (Å²) in [6, 6.07) is 18.5. The van der Waals surface area contributed by atoms with Crippen LogP contribution in [-0.4, -0.2) is 61.0 Å². The first-order valence-corrected chi connectivity index (χ1v) is 10.6. The number of benzene rings is 2. The number of nitro groups is 1. The van der Waals surface area contributed by atoms with Gasteiger partial charge in [-0.1, -0.05) is 24.3 Å². The first-order valence-electron chi connectivity index (χ1n) is 10.6. The molecule has 2 heterocycles. The Kier molecular flexibility index (Phi) is 6.60. The van der Waals surface area contributed by atoms with Crippen molar-refractivity contribution in [2.75, 3.05) is 40.4 Å². The molecule has 0 N–H and O–H groups in total. The number of hydrogen-bond acceptors (Lipinski definition) is 7. The summed E-state index contributed by atoms with van der Waals surface area (Å²) in [7, 11) is 3.28. The fourth-order valence-electron chi connectivity index (χ4n) is 4.07. The van der Waals surface area contributed by atoms with Crippen molar-refractivity contribution < 1.29 is 23.6 Å². The minimum Gasteiger partial charge on any atom is -0.497 e. The van der Waals surface area contributed by atoms with E-state index in [2.05, 4.69) is 4.90 Å². The van der Waals surface area contributed by atoms with Crippen LogP contribution >= 0.6 is 0 Å². The van der Waals surface area contributed by atoms with Crippen LogP contribution in [0.2, 0.25) is 0 Å². The van der Waals surface area contributed by atoms with Gasteiger partial charge in [0.25, 0.3) is 5.91 Å². The van der Waals surface area contributed by atoms with Crippen molar-refractivity contribution >= 4 is 11.8 Å². The molecular weight excluding hydrogens is 426 g/mol. The Morgan fingerprint density at radius 1 is 0.879 bits per heavy atom. The number of furan rings is 1. The Labute approximate surface area is 191 Å². The molecule has 1 fully saturated rings. The topological polar surface area (TPSA) is 98.3 Å². The summed E-state index contributed by atoms with van der Waals surface area (Å²) in [5.74, 6) is 0.784. The number of ether oxygens (including phenoxy) is 2. The monoisotopic (exact) mass is 451 g/mol.